The van der Waals surface area contributed by atoms with Crippen LogP contribution in [0, 0.1) is 0 Å². The van der Waals surface area contributed by atoms with E-state index in [0.717, 1.165) is 17.2 Å². The van der Waals surface area contributed by atoms with Crippen molar-refractivity contribution in [3.8, 4) is 5.75 Å². The molecule has 12 nitrogen and oxygen atoms in total. The third kappa shape index (κ3) is 4.84. The monoisotopic (exact) mass is 549 g/mol. The van der Waals surface area contributed by atoms with Crippen molar-refractivity contribution in [1.82, 2.24) is 15.3 Å². The molecule has 2 unspecified atom stereocenters. The van der Waals surface area contributed by atoms with E-state index in [2.05, 4.69) is 10.4 Å². The maximum absolute atomic E-state index is 15.7. The Morgan fingerprint density at radius 2 is 2.00 bits per heavy atom. The molecule has 8 atom stereocenters. The lowest BCUT2D eigenvalue weighted by atomic mass is 10.1. The Morgan fingerprint density at radius 3 is 2.56 bits per heavy atom. The average Bonchev–Trinajstić information content (AvgIpc) is 3.27. The zero-order chi connectivity index (χ0) is 26.5. The van der Waals surface area contributed by atoms with Crippen LogP contribution in [0.4, 0.5) is 9.18 Å². The number of ether oxygens (including phenoxy) is 2. The molecule has 2 heterocycles. The predicted molar refractivity (Wildman–Crippen MR) is 122 cm³/mol. The molecule has 0 radical (unpaired) electrons. The highest BCUT2D eigenvalue weighted by molar-refractivity contribution is 7.52. The van der Waals surface area contributed by atoms with Crippen LogP contribution >= 0.6 is 19.3 Å². The second kappa shape index (κ2) is 9.56. The average molecular weight is 550 g/mol. The van der Waals surface area contributed by atoms with E-state index in [1.807, 2.05) is 0 Å². The van der Waals surface area contributed by atoms with Crippen molar-refractivity contribution < 1.29 is 47.3 Å². The molecule has 1 aromatic carbocycles. The van der Waals surface area contributed by atoms with Crippen molar-refractivity contribution in [3.05, 3.63) is 42.6 Å². The second-order valence-corrected chi connectivity index (χ2v) is 11.0. The summed E-state index contributed by atoms with van der Waals surface area (Å²) in [6.07, 6.45) is -4.36. The quantitative estimate of drug-likeness (QED) is 0.203. The number of carbonyl (C=O) groups is 2. The minimum atomic E-state index is -4.47. The number of aliphatic hydroxyl groups is 2. The second-order valence-electron chi connectivity index (χ2n) is 8.76. The van der Waals surface area contributed by atoms with Crippen molar-refractivity contribution in [1.29, 1.82) is 0 Å². The number of fused-ring (bicyclic) bond motifs is 1. The van der Waals surface area contributed by atoms with E-state index >= 15 is 4.39 Å². The molecule has 1 saturated carbocycles. The van der Waals surface area contributed by atoms with Crippen LogP contribution < -0.4 is 14.9 Å². The highest BCUT2D eigenvalue weighted by Gasteiger charge is 2.87. The SMILES string of the molecule is CC(C)OC(=O)[C@H](C)N[P@@](=O)(Oc1ccccc1)OC1[C@H]2O[C@@H](N3C=CC(O)NC3=O)[C@@](F)(Cl)[C@@]12O. The van der Waals surface area contributed by atoms with Crippen LogP contribution in [-0.4, -0.2) is 74.7 Å². The zero-order valence-electron chi connectivity index (χ0n) is 19.4. The van der Waals surface area contributed by atoms with Gasteiger partial charge in [-0.2, -0.15) is 5.09 Å². The lowest BCUT2D eigenvalue weighted by molar-refractivity contribution is -0.149. The summed E-state index contributed by atoms with van der Waals surface area (Å²) in [6.45, 7) is 4.63. The first-order valence-corrected chi connectivity index (χ1v) is 12.9. The van der Waals surface area contributed by atoms with Gasteiger partial charge in [-0.3, -0.25) is 14.2 Å². The van der Waals surface area contributed by atoms with Crippen molar-refractivity contribution in [2.24, 2.45) is 0 Å². The van der Waals surface area contributed by atoms with Gasteiger partial charge in [-0.05, 0) is 39.0 Å². The summed E-state index contributed by atoms with van der Waals surface area (Å²) in [7, 11) is -4.47. The molecule has 2 amide bonds. The fourth-order valence-electron chi connectivity index (χ4n) is 3.81. The first-order chi connectivity index (χ1) is 16.8. The maximum Gasteiger partial charge on any atom is 0.459 e. The Balaban J connectivity index is 1.53. The molecule has 4 N–H and O–H groups in total. The van der Waals surface area contributed by atoms with E-state index in [1.165, 1.54) is 19.1 Å². The Kier molecular flexibility index (Phi) is 7.12. The molecule has 15 heteroatoms. The lowest BCUT2D eigenvalue weighted by Gasteiger charge is -2.36. The smallest absolute Gasteiger partial charge is 0.459 e. The number of carbonyl (C=O) groups excluding carboxylic acids is 2. The van der Waals surface area contributed by atoms with Crippen molar-refractivity contribution in [2.75, 3.05) is 0 Å². The summed E-state index contributed by atoms with van der Waals surface area (Å²) in [5, 5.41) is 21.9. The van der Waals surface area contributed by atoms with E-state index in [9.17, 15) is 24.4 Å². The summed E-state index contributed by atoms with van der Waals surface area (Å²) >= 11 is 6.03. The number of amides is 2. The number of benzene rings is 1. The molecule has 1 saturated heterocycles. The van der Waals surface area contributed by atoms with Gasteiger partial charge in [0.15, 0.2) is 11.8 Å². The number of hydrogen-bond acceptors (Lipinski definition) is 9. The predicted octanol–water partition coefficient (Wildman–Crippen LogP) is 1.72. The lowest BCUT2D eigenvalue weighted by Crippen LogP contribution is -2.58. The summed E-state index contributed by atoms with van der Waals surface area (Å²) in [5.41, 5.74) is -2.53. The van der Waals surface area contributed by atoms with Gasteiger partial charge in [0.05, 0.1) is 6.10 Å². The number of urea groups is 1. The third-order valence-electron chi connectivity index (χ3n) is 5.62. The Morgan fingerprint density at radius 1 is 1.33 bits per heavy atom. The zero-order valence-corrected chi connectivity index (χ0v) is 21.1. The number of nitrogens with one attached hydrogen (secondary N) is 2. The fraction of sp³-hybridized carbons (Fsp3) is 0.524. The minimum absolute atomic E-state index is 0.0976. The van der Waals surface area contributed by atoms with E-state index in [0.29, 0.717) is 0 Å². The molecule has 0 bridgehead atoms. The third-order valence-corrected chi connectivity index (χ3v) is 7.77. The molecule has 198 valence electrons. The number of alkyl halides is 2. The standard InChI is InChI=1S/C21H26ClFN3O9P/c1-11(2)32-17(28)12(3)25-36(31,34-13-7-5-4-6-8-13)35-16-15-20(16,30)21(22,23)18(33-15)26-10-9-14(27)24-19(26)29/h4-12,14-16,18,27,30H,1-3H3,(H,24,29)(H,25,31)/t12-,14?,15+,16?,18+,20-,21-,36+/m0/s1. The molecule has 0 spiro atoms. The molecule has 1 aliphatic carbocycles. The molecule has 36 heavy (non-hydrogen) atoms. The summed E-state index contributed by atoms with van der Waals surface area (Å²) in [4.78, 5) is 25.2. The molecule has 2 aliphatic heterocycles. The van der Waals surface area contributed by atoms with E-state index in [1.54, 1.807) is 32.0 Å². The largest absolute Gasteiger partial charge is 0.462 e. The van der Waals surface area contributed by atoms with E-state index in [4.69, 9.17) is 30.1 Å². The molecular formula is C21H26ClFN3O9P. The number of para-hydroxylation sites is 1. The van der Waals surface area contributed by atoms with Gasteiger partial charge in [-0.25, -0.2) is 13.8 Å². The minimum Gasteiger partial charge on any atom is -0.462 e. The van der Waals surface area contributed by atoms with E-state index in [-0.39, 0.29) is 5.75 Å². The number of rotatable bonds is 9. The summed E-state index contributed by atoms with van der Waals surface area (Å²) in [5.74, 6) is -0.654. The van der Waals surface area contributed by atoms with Gasteiger partial charge >= 0.3 is 19.7 Å². The molecule has 3 aliphatic rings. The van der Waals surface area contributed by atoms with E-state index < -0.39 is 67.3 Å². The normalized spacial score (nSPS) is 35.6. The van der Waals surface area contributed by atoms with Crippen molar-refractivity contribution in [3.63, 3.8) is 0 Å². The van der Waals surface area contributed by atoms with Gasteiger partial charge in [0.1, 0.15) is 30.2 Å². The van der Waals surface area contributed by atoms with Crippen LogP contribution in [0.2, 0.25) is 0 Å². The molecular weight excluding hydrogens is 524 g/mol. The maximum atomic E-state index is 15.7. The van der Waals surface area contributed by atoms with Crippen molar-refractivity contribution >= 4 is 31.3 Å². The van der Waals surface area contributed by atoms with Crippen LogP contribution in [0.15, 0.2) is 42.6 Å². The molecule has 2 fully saturated rings. The van der Waals surface area contributed by atoms with Crippen LogP contribution in [0.3, 0.4) is 0 Å². The number of esters is 1. The Hall–Kier alpha value is -2.25. The van der Waals surface area contributed by atoms with Crippen molar-refractivity contribution in [2.45, 2.75) is 68.3 Å². The first-order valence-electron chi connectivity index (χ1n) is 11.0. The van der Waals surface area contributed by atoms with Crippen LogP contribution in [0.25, 0.3) is 0 Å². The van der Waals surface area contributed by atoms with Gasteiger partial charge in [-0.1, -0.05) is 29.8 Å². The summed E-state index contributed by atoms with van der Waals surface area (Å²) < 4.78 is 50.9. The molecule has 1 aromatic rings. The Bertz CT molecular complexity index is 1090. The van der Waals surface area contributed by atoms with Crippen LogP contribution in [0.5, 0.6) is 5.75 Å². The number of aliphatic hydroxyl groups excluding tert-OH is 1. The van der Waals surface area contributed by atoms with Gasteiger partial charge in [0.25, 0.3) is 5.13 Å². The number of halogens is 2. The van der Waals surface area contributed by atoms with Crippen LogP contribution in [0.1, 0.15) is 20.8 Å². The Labute approximate surface area is 210 Å². The molecule has 4 rings (SSSR count). The number of nitrogens with zero attached hydrogens (tertiary/aromatic N) is 1. The topological polar surface area (TPSA) is 156 Å². The number of hydrogen-bond donors (Lipinski definition) is 4. The fourth-order valence-corrected chi connectivity index (χ4v) is 5.89. The highest BCUT2D eigenvalue weighted by atomic mass is 35.5. The highest BCUT2D eigenvalue weighted by Crippen LogP contribution is 2.65. The van der Waals surface area contributed by atoms with Gasteiger partial charge in [0.2, 0.25) is 0 Å². The van der Waals surface area contributed by atoms with Gasteiger partial charge in [0, 0.05) is 6.20 Å². The van der Waals surface area contributed by atoms with Gasteiger partial charge in [-0.15, -0.1) is 0 Å². The molecule has 0 aromatic heterocycles. The van der Waals surface area contributed by atoms with Crippen LogP contribution in [-0.2, 0) is 23.4 Å². The first kappa shape index (κ1) is 26.8. The summed E-state index contributed by atoms with van der Waals surface area (Å²) in [6, 6.07) is 5.74. The van der Waals surface area contributed by atoms with Gasteiger partial charge < -0.3 is 29.5 Å².